The topological polar surface area (TPSA) is 56.1 Å². The summed E-state index contributed by atoms with van der Waals surface area (Å²) in [5.41, 5.74) is 1.53. The monoisotopic (exact) mass is 367 g/mol. The van der Waals surface area contributed by atoms with E-state index in [0.717, 1.165) is 5.56 Å². The lowest BCUT2D eigenvalue weighted by atomic mass is 10.2. The standard InChI is InChI=1S/C20H18ClN3O2/c21-17-8-5-16(6-9-17)7-10-20(25)23-18-3-1-2-4-19(18)26-14-13-24-12-11-22-15-24/h1-12,15H,13-14H2,(H,23,25)/b10-7+. The molecule has 6 heteroatoms. The van der Waals surface area contributed by atoms with Crippen LogP contribution in [0.5, 0.6) is 5.75 Å². The van der Waals surface area contributed by atoms with Gasteiger partial charge in [-0.3, -0.25) is 4.79 Å². The van der Waals surface area contributed by atoms with Crippen LogP contribution in [-0.4, -0.2) is 22.1 Å². The Kier molecular flexibility index (Phi) is 6.06. The fourth-order valence-corrected chi connectivity index (χ4v) is 2.42. The second-order valence-electron chi connectivity index (χ2n) is 5.52. The summed E-state index contributed by atoms with van der Waals surface area (Å²) < 4.78 is 7.71. The molecule has 0 aliphatic carbocycles. The summed E-state index contributed by atoms with van der Waals surface area (Å²) in [6.45, 7) is 1.16. The molecule has 132 valence electrons. The first-order valence-electron chi connectivity index (χ1n) is 8.13. The lowest BCUT2D eigenvalue weighted by Gasteiger charge is -2.11. The Balaban J connectivity index is 1.58. The Bertz CT molecular complexity index is 874. The third kappa shape index (κ3) is 5.22. The first kappa shape index (κ1) is 17.8. The van der Waals surface area contributed by atoms with E-state index in [4.69, 9.17) is 16.3 Å². The fourth-order valence-electron chi connectivity index (χ4n) is 2.30. The van der Waals surface area contributed by atoms with Crippen LogP contribution < -0.4 is 10.1 Å². The molecule has 2 aromatic carbocycles. The minimum absolute atomic E-state index is 0.231. The van der Waals surface area contributed by atoms with Crippen LogP contribution in [-0.2, 0) is 11.3 Å². The zero-order valence-corrected chi connectivity index (χ0v) is 14.8. The van der Waals surface area contributed by atoms with Crippen LogP contribution in [0.3, 0.4) is 0 Å². The molecule has 0 radical (unpaired) electrons. The van der Waals surface area contributed by atoms with Gasteiger partial charge in [-0.1, -0.05) is 35.9 Å². The summed E-state index contributed by atoms with van der Waals surface area (Å²) in [4.78, 5) is 16.2. The van der Waals surface area contributed by atoms with Crippen LogP contribution in [0, 0.1) is 0 Å². The van der Waals surface area contributed by atoms with Crippen molar-refractivity contribution < 1.29 is 9.53 Å². The molecule has 3 aromatic rings. The number of para-hydroxylation sites is 2. The van der Waals surface area contributed by atoms with Gasteiger partial charge >= 0.3 is 0 Å². The smallest absolute Gasteiger partial charge is 0.248 e. The number of benzene rings is 2. The second kappa shape index (κ2) is 8.87. The van der Waals surface area contributed by atoms with Gasteiger partial charge in [0.25, 0.3) is 0 Å². The van der Waals surface area contributed by atoms with Crippen molar-refractivity contribution in [2.75, 3.05) is 11.9 Å². The number of imidazole rings is 1. The predicted octanol–water partition coefficient (Wildman–Crippen LogP) is 4.27. The van der Waals surface area contributed by atoms with Gasteiger partial charge < -0.3 is 14.6 Å². The number of carbonyl (C=O) groups excluding carboxylic acids is 1. The minimum atomic E-state index is -0.231. The number of ether oxygens (including phenoxy) is 1. The van der Waals surface area contributed by atoms with Gasteiger partial charge in [-0.25, -0.2) is 4.98 Å². The highest BCUT2D eigenvalue weighted by atomic mass is 35.5. The highest BCUT2D eigenvalue weighted by Crippen LogP contribution is 2.23. The van der Waals surface area contributed by atoms with Gasteiger partial charge in [0.05, 0.1) is 18.6 Å². The van der Waals surface area contributed by atoms with Crippen molar-refractivity contribution in [2.45, 2.75) is 6.54 Å². The Morgan fingerprint density at radius 1 is 1.19 bits per heavy atom. The van der Waals surface area contributed by atoms with Crippen molar-refractivity contribution in [3.8, 4) is 5.75 Å². The average molecular weight is 368 g/mol. The van der Waals surface area contributed by atoms with Crippen LogP contribution in [0.4, 0.5) is 5.69 Å². The molecule has 0 saturated carbocycles. The molecule has 26 heavy (non-hydrogen) atoms. The highest BCUT2D eigenvalue weighted by Gasteiger charge is 2.05. The molecule has 0 atom stereocenters. The number of carbonyl (C=O) groups is 1. The van der Waals surface area contributed by atoms with Crippen molar-refractivity contribution in [3.63, 3.8) is 0 Å². The molecule has 0 aliphatic rings. The van der Waals surface area contributed by atoms with E-state index in [0.29, 0.717) is 29.6 Å². The van der Waals surface area contributed by atoms with E-state index in [9.17, 15) is 4.79 Å². The summed E-state index contributed by atoms with van der Waals surface area (Å²) in [6.07, 6.45) is 8.54. The van der Waals surface area contributed by atoms with Crippen LogP contribution in [0.2, 0.25) is 5.02 Å². The Labute approximate surface area is 156 Å². The van der Waals surface area contributed by atoms with Gasteiger partial charge in [0.2, 0.25) is 5.91 Å². The maximum atomic E-state index is 12.2. The summed E-state index contributed by atoms with van der Waals surface area (Å²) in [5, 5.41) is 3.50. The van der Waals surface area contributed by atoms with E-state index in [1.54, 1.807) is 36.8 Å². The van der Waals surface area contributed by atoms with Crippen molar-refractivity contribution in [2.24, 2.45) is 0 Å². The summed E-state index contributed by atoms with van der Waals surface area (Å²) in [7, 11) is 0. The highest BCUT2D eigenvalue weighted by molar-refractivity contribution is 6.30. The summed E-state index contributed by atoms with van der Waals surface area (Å²) in [6, 6.07) is 14.6. The van der Waals surface area contributed by atoms with Gasteiger partial charge in [0, 0.05) is 23.5 Å². The summed E-state index contributed by atoms with van der Waals surface area (Å²) in [5.74, 6) is 0.395. The van der Waals surface area contributed by atoms with Gasteiger partial charge in [-0.15, -0.1) is 0 Å². The zero-order valence-electron chi connectivity index (χ0n) is 14.0. The quantitative estimate of drug-likeness (QED) is 0.634. The largest absolute Gasteiger partial charge is 0.490 e. The van der Waals surface area contributed by atoms with E-state index < -0.39 is 0 Å². The number of nitrogens with zero attached hydrogens (tertiary/aromatic N) is 2. The van der Waals surface area contributed by atoms with Crippen molar-refractivity contribution in [1.82, 2.24) is 9.55 Å². The molecule has 0 bridgehead atoms. The molecular weight excluding hydrogens is 350 g/mol. The first-order valence-corrected chi connectivity index (χ1v) is 8.51. The van der Waals surface area contributed by atoms with Gasteiger partial charge in [0.1, 0.15) is 12.4 Å². The number of aromatic nitrogens is 2. The van der Waals surface area contributed by atoms with E-state index in [-0.39, 0.29) is 5.91 Å². The maximum Gasteiger partial charge on any atom is 0.248 e. The van der Waals surface area contributed by atoms with Crippen LogP contribution in [0.25, 0.3) is 6.08 Å². The van der Waals surface area contributed by atoms with Crippen molar-refractivity contribution in [1.29, 1.82) is 0 Å². The maximum absolute atomic E-state index is 12.2. The minimum Gasteiger partial charge on any atom is -0.490 e. The lowest BCUT2D eigenvalue weighted by molar-refractivity contribution is -0.111. The van der Waals surface area contributed by atoms with E-state index in [2.05, 4.69) is 10.3 Å². The molecule has 0 fully saturated rings. The normalized spacial score (nSPS) is 10.8. The number of hydrogen-bond donors (Lipinski definition) is 1. The van der Waals surface area contributed by atoms with Gasteiger partial charge in [0.15, 0.2) is 0 Å². The summed E-state index contributed by atoms with van der Waals surface area (Å²) >= 11 is 5.85. The van der Waals surface area contributed by atoms with Crippen molar-refractivity contribution in [3.05, 3.63) is 83.9 Å². The predicted molar refractivity (Wildman–Crippen MR) is 103 cm³/mol. The van der Waals surface area contributed by atoms with E-state index in [1.807, 2.05) is 41.1 Å². The lowest BCUT2D eigenvalue weighted by Crippen LogP contribution is -2.11. The average Bonchev–Trinajstić information content (AvgIpc) is 3.16. The number of halogens is 1. The number of anilines is 1. The molecule has 0 saturated heterocycles. The van der Waals surface area contributed by atoms with E-state index >= 15 is 0 Å². The molecule has 0 aliphatic heterocycles. The third-order valence-electron chi connectivity index (χ3n) is 3.61. The van der Waals surface area contributed by atoms with Crippen LogP contribution in [0.1, 0.15) is 5.56 Å². The van der Waals surface area contributed by atoms with E-state index in [1.165, 1.54) is 6.08 Å². The SMILES string of the molecule is O=C(/C=C/c1ccc(Cl)cc1)Nc1ccccc1OCCn1ccnc1. The first-order chi connectivity index (χ1) is 12.7. The number of amides is 1. The molecule has 1 N–H and O–H groups in total. The number of rotatable bonds is 7. The molecule has 1 amide bonds. The number of nitrogens with one attached hydrogen (secondary N) is 1. The molecule has 0 unspecified atom stereocenters. The molecular formula is C20H18ClN3O2. The second-order valence-corrected chi connectivity index (χ2v) is 5.96. The zero-order chi connectivity index (χ0) is 18.2. The number of hydrogen-bond acceptors (Lipinski definition) is 3. The molecule has 5 nitrogen and oxygen atoms in total. The van der Waals surface area contributed by atoms with Crippen LogP contribution >= 0.6 is 11.6 Å². The molecule has 1 aromatic heterocycles. The molecule has 1 heterocycles. The molecule has 3 rings (SSSR count). The van der Waals surface area contributed by atoms with Gasteiger partial charge in [-0.2, -0.15) is 0 Å². The van der Waals surface area contributed by atoms with Gasteiger partial charge in [-0.05, 0) is 35.9 Å². The van der Waals surface area contributed by atoms with Crippen molar-refractivity contribution >= 4 is 29.3 Å². The Morgan fingerprint density at radius 2 is 2.00 bits per heavy atom. The Hall–Kier alpha value is -3.05. The fraction of sp³-hybridized carbons (Fsp3) is 0.100. The Morgan fingerprint density at radius 3 is 2.77 bits per heavy atom. The molecule has 0 spiro atoms. The van der Waals surface area contributed by atoms with Crippen LogP contribution in [0.15, 0.2) is 73.3 Å². The third-order valence-corrected chi connectivity index (χ3v) is 3.86.